The topological polar surface area (TPSA) is 149 Å². The Hall–Kier alpha value is -4.65. The molecule has 0 saturated carbocycles. The van der Waals surface area contributed by atoms with E-state index in [9.17, 15) is 28.9 Å². The van der Waals surface area contributed by atoms with Crippen molar-refractivity contribution in [3.63, 3.8) is 0 Å². The number of methoxy groups -OCH3 is 1. The number of esters is 1. The highest BCUT2D eigenvalue weighted by atomic mass is 79.9. The number of nitro groups is 1. The summed E-state index contributed by atoms with van der Waals surface area (Å²) in [6.45, 7) is 0. The van der Waals surface area contributed by atoms with Crippen LogP contribution in [0.4, 0.5) is 15.8 Å². The summed E-state index contributed by atoms with van der Waals surface area (Å²) < 4.78 is 24.8. The van der Waals surface area contributed by atoms with Crippen molar-refractivity contribution in [2.24, 2.45) is 5.10 Å². The molecule has 0 atom stereocenters. The number of hydrogen-bond acceptors (Lipinski definition) is 8. The number of nitrogens with zero attached hydrogens (tertiary/aromatic N) is 2. The third kappa shape index (κ3) is 6.70. The fraction of sp³-hybridized carbons (Fsp3) is 0.0435. The summed E-state index contributed by atoms with van der Waals surface area (Å²) in [6, 6.07) is 13.1. The van der Waals surface area contributed by atoms with Crippen LogP contribution in [0.3, 0.4) is 0 Å². The predicted molar refractivity (Wildman–Crippen MR) is 130 cm³/mol. The first kappa shape index (κ1) is 26.0. The number of non-ortho nitro benzene ring substituents is 1. The first-order valence-corrected chi connectivity index (χ1v) is 10.7. The summed E-state index contributed by atoms with van der Waals surface area (Å²) in [5.74, 6) is -3.52. The molecule has 0 spiro atoms. The second-order valence-corrected chi connectivity index (χ2v) is 7.80. The van der Waals surface area contributed by atoms with Crippen molar-refractivity contribution in [1.29, 1.82) is 0 Å². The molecular formula is C23H16BrFN4O7. The lowest BCUT2D eigenvalue weighted by Gasteiger charge is -2.10. The van der Waals surface area contributed by atoms with Crippen LogP contribution in [0.25, 0.3) is 0 Å². The Kier molecular flexibility index (Phi) is 8.41. The second kappa shape index (κ2) is 11.7. The van der Waals surface area contributed by atoms with Gasteiger partial charge in [-0.3, -0.25) is 19.7 Å². The van der Waals surface area contributed by atoms with E-state index in [1.165, 1.54) is 67.9 Å². The van der Waals surface area contributed by atoms with Crippen LogP contribution in [0.15, 0.2) is 70.2 Å². The lowest BCUT2D eigenvalue weighted by Crippen LogP contribution is -2.32. The highest BCUT2D eigenvalue weighted by Gasteiger charge is 2.16. The number of benzene rings is 3. The minimum atomic E-state index is -1.13. The van der Waals surface area contributed by atoms with E-state index in [0.717, 1.165) is 6.07 Å². The first-order valence-electron chi connectivity index (χ1n) is 9.92. The van der Waals surface area contributed by atoms with Gasteiger partial charge < -0.3 is 14.8 Å². The van der Waals surface area contributed by atoms with Crippen LogP contribution in [-0.4, -0.2) is 36.0 Å². The Balaban J connectivity index is 1.61. The molecule has 0 aromatic heterocycles. The fourth-order valence-electron chi connectivity index (χ4n) is 2.71. The van der Waals surface area contributed by atoms with Gasteiger partial charge in [-0.15, -0.1) is 0 Å². The number of hydrazone groups is 1. The number of amides is 2. The Bertz CT molecular complexity index is 1360. The Morgan fingerprint density at radius 1 is 1.03 bits per heavy atom. The number of nitro benzene ring substituents is 1. The van der Waals surface area contributed by atoms with E-state index in [2.05, 4.69) is 26.3 Å². The Morgan fingerprint density at radius 2 is 1.75 bits per heavy atom. The summed E-state index contributed by atoms with van der Waals surface area (Å²) in [5.41, 5.74) is 2.18. The highest BCUT2D eigenvalue weighted by molar-refractivity contribution is 9.10. The van der Waals surface area contributed by atoms with Crippen molar-refractivity contribution < 1.29 is 33.2 Å². The summed E-state index contributed by atoms with van der Waals surface area (Å²) in [7, 11) is 1.34. The molecule has 3 aromatic rings. The number of carbonyl (C=O) groups is 3. The van der Waals surface area contributed by atoms with Crippen LogP contribution in [0.2, 0.25) is 0 Å². The molecular weight excluding hydrogens is 543 g/mol. The van der Waals surface area contributed by atoms with Crippen LogP contribution < -0.4 is 20.2 Å². The van der Waals surface area contributed by atoms with E-state index in [1.54, 1.807) is 0 Å². The Labute approximate surface area is 211 Å². The molecule has 3 aromatic carbocycles. The highest BCUT2D eigenvalue weighted by Crippen LogP contribution is 2.28. The van der Waals surface area contributed by atoms with Crippen molar-refractivity contribution >= 4 is 51.3 Å². The molecule has 36 heavy (non-hydrogen) atoms. The standard InChI is InChI=1S/C23H16BrFN4O7/c1-35-20-10-13(2-9-19(20)36-23(32)14-3-6-16(7-4-14)29(33)34)12-26-28-22(31)21(30)27-18-8-5-15(24)11-17(18)25/h2-12H,1H3,(H,27,30)(H,28,31)/b26-12+. The quantitative estimate of drug-likeness (QED) is 0.112. The van der Waals surface area contributed by atoms with Crippen LogP contribution in [-0.2, 0) is 9.59 Å². The van der Waals surface area contributed by atoms with Gasteiger partial charge in [-0.2, -0.15) is 5.10 Å². The van der Waals surface area contributed by atoms with E-state index in [1.807, 2.05) is 5.43 Å². The van der Waals surface area contributed by atoms with Gasteiger partial charge in [-0.1, -0.05) is 15.9 Å². The maximum absolute atomic E-state index is 13.8. The van der Waals surface area contributed by atoms with Crippen molar-refractivity contribution in [3.8, 4) is 11.5 Å². The average molecular weight is 559 g/mol. The molecule has 0 aliphatic carbocycles. The molecule has 0 unspecified atom stereocenters. The summed E-state index contributed by atoms with van der Waals surface area (Å²) in [5, 5.41) is 16.5. The fourth-order valence-corrected chi connectivity index (χ4v) is 3.05. The molecule has 2 amide bonds. The van der Waals surface area contributed by atoms with Crippen molar-refractivity contribution in [3.05, 3.63) is 92.2 Å². The van der Waals surface area contributed by atoms with Crippen LogP contribution in [0.5, 0.6) is 11.5 Å². The van der Waals surface area contributed by atoms with E-state index in [-0.39, 0.29) is 28.4 Å². The summed E-state index contributed by atoms with van der Waals surface area (Å²) in [6.07, 6.45) is 1.20. The third-order valence-electron chi connectivity index (χ3n) is 4.47. The SMILES string of the molecule is COc1cc(/C=N/NC(=O)C(=O)Nc2ccc(Br)cc2F)ccc1OC(=O)c1ccc([N+](=O)[O-])cc1. The molecule has 184 valence electrons. The molecule has 0 saturated heterocycles. The van der Waals surface area contributed by atoms with Crippen LogP contribution in [0.1, 0.15) is 15.9 Å². The number of carbonyl (C=O) groups excluding carboxylic acids is 3. The van der Waals surface area contributed by atoms with Gasteiger partial charge in [0.2, 0.25) is 0 Å². The third-order valence-corrected chi connectivity index (χ3v) is 4.96. The minimum absolute atomic E-state index is 0.0675. The number of ether oxygens (including phenoxy) is 2. The zero-order valence-corrected chi connectivity index (χ0v) is 19.9. The van der Waals surface area contributed by atoms with E-state index in [4.69, 9.17) is 9.47 Å². The predicted octanol–water partition coefficient (Wildman–Crippen LogP) is 3.81. The molecule has 11 nitrogen and oxygen atoms in total. The van der Waals surface area contributed by atoms with E-state index in [0.29, 0.717) is 10.0 Å². The second-order valence-electron chi connectivity index (χ2n) is 6.88. The maximum Gasteiger partial charge on any atom is 0.343 e. The minimum Gasteiger partial charge on any atom is -0.493 e. The van der Waals surface area contributed by atoms with Crippen molar-refractivity contribution in [1.82, 2.24) is 5.43 Å². The maximum atomic E-state index is 13.8. The monoisotopic (exact) mass is 558 g/mol. The number of anilines is 1. The van der Waals surface area contributed by atoms with Crippen LogP contribution >= 0.6 is 15.9 Å². The molecule has 0 radical (unpaired) electrons. The summed E-state index contributed by atoms with van der Waals surface area (Å²) >= 11 is 3.09. The van der Waals surface area contributed by atoms with Gasteiger partial charge in [0.25, 0.3) is 5.69 Å². The van der Waals surface area contributed by atoms with Gasteiger partial charge in [0.15, 0.2) is 11.5 Å². The molecule has 13 heteroatoms. The zero-order valence-electron chi connectivity index (χ0n) is 18.4. The van der Waals surface area contributed by atoms with Gasteiger partial charge in [0.1, 0.15) is 5.82 Å². The summed E-state index contributed by atoms with van der Waals surface area (Å²) in [4.78, 5) is 46.3. The lowest BCUT2D eigenvalue weighted by molar-refractivity contribution is -0.384. The smallest absolute Gasteiger partial charge is 0.343 e. The Morgan fingerprint density at radius 3 is 2.39 bits per heavy atom. The molecule has 0 heterocycles. The zero-order chi connectivity index (χ0) is 26.2. The van der Waals surface area contributed by atoms with Crippen molar-refractivity contribution in [2.45, 2.75) is 0 Å². The van der Waals surface area contributed by atoms with Crippen molar-refractivity contribution in [2.75, 3.05) is 12.4 Å². The molecule has 0 bridgehead atoms. The average Bonchev–Trinajstić information content (AvgIpc) is 2.86. The van der Waals surface area contributed by atoms with E-state index >= 15 is 0 Å². The molecule has 2 N–H and O–H groups in total. The van der Waals surface area contributed by atoms with Crippen LogP contribution in [0, 0.1) is 15.9 Å². The number of nitrogens with one attached hydrogen (secondary N) is 2. The van der Waals surface area contributed by atoms with Gasteiger partial charge >= 0.3 is 17.8 Å². The van der Waals surface area contributed by atoms with E-state index < -0.39 is 28.5 Å². The van der Waals surface area contributed by atoms with Gasteiger partial charge in [0, 0.05) is 16.6 Å². The largest absolute Gasteiger partial charge is 0.493 e. The van der Waals surface area contributed by atoms with Gasteiger partial charge in [-0.25, -0.2) is 14.6 Å². The number of rotatable bonds is 7. The number of halogens is 2. The molecule has 0 aliphatic heterocycles. The lowest BCUT2D eigenvalue weighted by atomic mass is 10.2. The molecule has 0 fully saturated rings. The first-order chi connectivity index (χ1) is 17.2. The van der Waals surface area contributed by atoms with Gasteiger partial charge in [-0.05, 0) is 54.1 Å². The normalized spacial score (nSPS) is 10.5. The number of hydrogen-bond donors (Lipinski definition) is 2. The van der Waals surface area contributed by atoms with Gasteiger partial charge in [0.05, 0.1) is 29.5 Å². The molecule has 3 rings (SSSR count). The molecule has 0 aliphatic rings.